The second-order valence-electron chi connectivity index (χ2n) is 7.47. The lowest BCUT2D eigenvalue weighted by Gasteiger charge is -2.52. The number of hydrogen-bond donors (Lipinski definition) is 0. The van der Waals surface area contributed by atoms with Gasteiger partial charge in [-0.2, -0.15) is 0 Å². The largest absolute Gasteiger partial charge is 0.361 e. The number of carbonyl (C=O) groups excluding carboxylic acids is 2. The van der Waals surface area contributed by atoms with E-state index < -0.39 is 5.60 Å². The summed E-state index contributed by atoms with van der Waals surface area (Å²) in [5.41, 5.74) is 0.418. The van der Waals surface area contributed by atoms with Gasteiger partial charge in [-0.15, -0.1) is 0 Å². The number of ether oxygens (including phenoxy) is 1. The summed E-state index contributed by atoms with van der Waals surface area (Å²) in [6.07, 6.45) is 3.80. The van der Waals surface area contributed by atoms with E-state index in [1.807, 2.05) is 47.1 Å². The molecule has 2 aliphatic heterocycles. The molecule has 24 heavy (non-hydrogen) atoms. The van der Waals surface area contributed by atoms with E-state index in [9.17, 15) is 9.59 Å². The average Bonchev–Trinajstić information content (AvgIpc) is 3.39. The molecule has 1 aliphatic carbocycles. The Morgan fingerprint density at radius 3 is 2.71 bits per heavy atom. The monoisotopic (exact) mass is 328 g/mol. The normalized spacial score (nSPS) is 30.2. The molecule has 5 nitrogen and oxygen atoms in total. The molecular formula is C19H24N2O3. The van der Waals surface area contributed by atoms with Crippen molar-refractivity contribution < 1.29 is 14.3 Å². The second kappa shape index (κ2) is 5.88. The molecule has 2 amide bonds. The minimum absolute atomic E-state index is 0.00133. The number of anilines is 1. The zero-order chi connectivity index (χ0) is 16.7. The molecule has 0 unspecified atom stereocenters. The Labute approximate surface area is 142 Å². The maximum absolute atomic E-state index is 12.5. The molecule has 1 saturated carbocycles. The van der Waals surface area contributed by atoms with E-state index in [1.165, 1.54) is 12.8 Å². The third-order valence-electron chi connectivity index (χ3n) is 5.54. The molecule has 5 heteroatoms. The highest BCUT2D eigenvalue weighted by molar-refractivity contribution is 5.96. The molecule has 2 saturated heterocycles. The molecular weight excluding hydrogens is 304 g/mol. The van der Waals surface area contributed by atoms with Crippen LogP contribution in [0.1, 0.15) is 32.6 Å². The average molecular weight is 328 g/mol. The van der Waals surface area contributed by atoms with Gasteiger partial charge in [-0.25, -0.2) is 0 Å². The van der Waals surface area contributed by atoms with E-state index in [4.69, 9.17) is 4.74 Å². The Balaban J connectivity index is 1.54. The van der Waals surface area contributed by atoms with Gasteiger partial charge in [0, 0.05) is 18.7 Å². The van der Waals surface area contributed by atoms with E-state index in [2.05, 4.69) is 0 Å². The number of rotatable bonds is 3. The van der Waals surface area contributed by atoms with Gasteiger partial charge in [0.15, 0.2) is 0 Å². The van der Waals surface area contributed by atoms with Gasteiger partial charge >= 0.3 is 0 Å². The van der Waals surface area contributed by atoms with E-state index in [0.717, 1.165) is 12.1 Å². The number of fused-ring (bicyclic) bond motifs is 1. The number of amides is 2. The van der Waals surface area contributed by atoms with E-state index in [1.54, 1.807) is 0 Å². The van der Waals surface area contributed by atoms with Gasteiger partial charge in [-0.05, 0) is 44.2 Å². The highest BCUT2D eigenvalue weighted by Crippen LogP contribution is 2.37. The predicted molar refractivity (Wildman–Crippen MR) is 90.6 cm³/mol. The van der Waals surface area contributed by atoms with Crippen LogP contribution in [-0.4, -0.2) is 48.1 Å². The topological polar surface area (TPSA) is 49.9 Å². The lowest BCUT2D eigenvalue weighted by molar-refractivity contribution is -0.158. The van der Waals surface area contributed by atoms with Crippen LogP contribution in [0.4, 0.5) is 5.69 Å². The minimum Gasteiger partial charge on any atom is -0.361 e. The lowest BCUT2D eigenvalue weighted by Crippen LogP contribution is -2.68. The summed E-state index contributed by atoms with van der Waals surface area (Å²) in [5.74, 6) is 0.836. The zero-order valence-corrected chi connectivity index (χ0v) is 14.1. The Hall–Kier alpha value is -1.88. The second-order valence-corrected chi connectivity index (χ2v) is 7.47. The van der Waals surface area contributed by atoms with Crippen molar-refractivity contribution >= 4 is 17.5 Å². The minimum atomic E-state index is -0.499. The standard InChI is InChI=1S/C19H24N2O3/c1-19-13-20(17(22)11-14-7-8-14)10-9-16(19)21(18(23)12-24-19)15-5-3-2-4-6-15/h2-6,14,16H,7-13H2,1H3/t16-,19-/m1/s1. The molecule has 128 valence electrons. The van der Waals surface area contributed by atoms with Gasteiger partial charge < -0.3 is 14.5 Å². The van der Waals surface area contributed by atoms with Crippen molar-refractivity contribution in [2.75, 3.05) is 24.6 Å². The Morgan fingerprint density at radius 2 is 2.00 bits per heavy atom. The number of morpholine rings is 1. The van der Waals surface area contributed by atoms with Crippen LogP contribution in [0.25, 0.3) is 0 Å². The Morgan fingerprint density at radius 1 is 1.25 bits per heavy atom. The zero-order valence-electron chi connectivity index (χ0n) is 14.1. The number of para-hydroxylation sites is 1. The molecule has 4 rings (SSSR count). The highest BCUT2D eigenvalue weighted by atomic mass is 16.5. The van der Waals surface area contributed by atoms with Gasteiger partial charge in [-0.1, -0.05) is 18.2 Å². The first-order valence-corrected chi connectivity index (χ1v) is 8.86. The van der Waals surface area contributed by atoms with Gasteiger partial charge in [0.05, 0.1) is 12.6 Å². The summed E-state index contributed by atoms with van der Waals surface area (Å²) >= 11 is 0. The molecule has 1 aromatic carbocycles. The third kappa shape index (κ3) is 2.81. The number of hydrogen-bond acceptors (Lipinski definition) is 3. The fraction of sp³-hybridized carbons (Fsp3) is 0.579. The summed E-state index contributed by atoms with van der Waals surface area (Å²) in [4.78, 5) is 28.8. The smallest absolute Gasteiger partial charge is 0.253 e. The molecule has 0 bridgehead atoms. The van der Waals surface area contributed by atoms with Crippen LogP contribution < -0.4 is 4.90 Å². The van der Waals surface area contributed by atoms with Crippen molar-refractivity contribution in [2.24, 2.45) is 5.92 Å². The third-order valence-corrected chi connectivity index (χ3v) is 5.54. The summed E-state index contributed by atoms with van der Waals surface area (Å²) in [7, 11) is 0. The van der Waals surface area contributed by atoms with E-state index in [0.29, 0.717) is 25.4 Å². The van der Waals surface area contributed by atoms with Gasteiger partial charge in [0.2, 0.25) is 5.91 Å². The van der Waals surface area contributed by atoms with Crippen molar-refractivity contribution in [3.8, 4) is 0 Å². The summed E-state index contributed by atoms with van der Waals surface area (Å²) < 4.78 is 5.95. The van der Waals surface area contributed by atoms with E-state index in [-0.39, 0.29) is 24.5 Å². The van der Waals surface area contributed by atoms with Crippen molar-refractivity contribution in [3.63, 3.8) is 0 Å². The molecule has 3 aliphatic rings. The van der Waals surface area contributed by atoms with Crippen LogP contribution in [-0.2, 0) is 14.3 Å². The van der Waals surface area contributed by atoms with Crippen molar-refractivity contribution in [1.29, 1.82) is 0 Å². The molecule has 2 heterocycles. The predicted octanol–water partition coefficient (Wildman–Crippen LogP) is 2.21. The maximum Gasteiger partial charge on any atom is 0.253 e. The Kier molecular flexibility index (Phi) is 3.83. The molecule has 0 spiro atoms. The van der Waals surface area contributed by atoms with E-state index >= 15 is 0 Å². The first-order chi connectivity index (χ1) is 11.6. The lowest BCUT2D eigenvalue weighted by atomic mass is 9.85. The number of piperidine rings is 1. The number of carbonyl (C=O) groups is 2. The van der Waals surface area contributed by atoms with Gasteiger partial charge in [0.25, 0.3) is 5.91 Å². The highest BCUT2D eigenvalue weighted by Gasteiger charge is 2.50. The van der Waals surface area contributed by atoms with Crippen LogP contribution in [0.5, 0.6) is 0 Å². The summed E-state index contributed by atoms with van der Waals surface area (Å²) in [6.45, 7) is 3.38. The molecule has 1 aromatic rings. The molecule has 0 N–H and O–H groups in total. The molecule has 0 aromatic heterocycles. The van der Waals surface area contributed by atoms with Crippen molar-refractivity contribution in [1.82, 2.24) is 4.90 Å². The first kappa shape index (κ1) is 15.6. The molecule has 0 radical (unpaired) electrons. The first-order valence-electron chi connectivity index (χ1n) is 8.86. The summed E-state index contributed by atoms with van der Waals surface area (Å²) in [5, 5.41) is 0. The molecule has 2 atom stereocenters. The number of likely N-dealkylation sites (tertiary alicyclic amines) is 1. The summed E-state index contributed by atoms with van der Waals surface area (Å²) in [6, 6.07) is 9.76. The quantitative estimate of drug-likeness (QED) is 0.855. The van der Waals surface area contributed by atoms with Crippen LogP contribution in [0, 0.1) is 5.92 Å². The maximum atomic E-state index is 12.5. The number of nitrogens with zero attached hydrogens (tertiary/aromatic N) is 2. The van der Waals surface area contributed by atoms with Crippen molar-refractivity contribution in [3.05, 3.63) is 30.3 Å². The van der Waals surface area contributed by atoms with Gasteiger partial charge in [0.1, 0.15) is 12.2 Å². The van der Waals surface area contributed by atoms with Crippen LogP contribution >= 0.6 is 0 Å². The fourth-order valence-electron chi connectivity index (χ4n) is 3.98. The van der Waals surface area contributed by atoms with Crippen molar-refractivity contribution in [2.45, 2.75) is 44.2 Å². The molecule has 3 fully saturated rings. The fourth-order valence-corrected chi connectivity index (χ4v) is 3.98. The SMILES string of the molecule is C[C@@]12CN(C(=O)CC3CC3)CC[C@H]1N(c1ccccc1)C(=O)CO2. The van der Waals surface area contributed by atoms with Crippen LogP contribution in [0.15, 0.2) is 30.3 Å². The number of benzene rings is 1. The Bertz CT molecular complexity index is 643. The van der Waals surface area contributed by atoms with Gasteiger partial charge in [-0.3, -0.25) is 9.59 Å². The van der Waals surface area contributed by atoms with Crippen LogP contribution in [0.2, 0.25) is 0 Å². The van der Waals surface area contributed by atoms with Crippen LogP contribution in [0.3, 0.4) is 0 Å².